The van der Waals surface area contributed by atoms with E-state index < -0.39 is 15.2 Å². The van der Waals surface area contributed by atoms with Gasteiger partial charge in [-0.2, -0.15) is 0 Å². The maximum absolute atomic E-state index is 14.6. The molecule has 0 atom stereocenters. The predicted octanol–water partition coefficient (Wildman–Crippen LogP) is 3.24. The van der Waals surface area contributed by atoms with Crippen LogP contribution in [0.25, 0.3) is 0 Å². The van der Waals surface area contributed by atoms with Gasteiger partial charge in [0.05, 0.1) is 0 Å². The molecule has 0 saturated heterocycles. The molecule has 0 aromatic heterocycles. The minimum Gasteiger partial charge on any atom is -0.309 e. The van der Waals surface area contributed by atoms with Crippen LogP contribution in [0.1, 0.15) is 13.8 Å². The third-order valence-corrected chi connectivity index (χ3v) is 14.8. The molecule has 126 valence electrons. The third kappa shape index (κ3) is 2.17. The summed E-state index contributed by atoms with van der Waals surface area (Å²) in [4.78, 5) is 0. The van der Waals surface area contributed by atoms with Crippen LogP contribution in [0.4, 0.5) is 0 Å². The lowest BCUT2D eigenvalue weighted by molar-refractivity contribution is 0.592. The van der Waals surface area contributed by atoms with Crippen LogP contribution >= 0.6 is 7.14 Å². The quantitative estimate of drug-likeness (QED) is 0.516. The van der Waals surface area contributed by atoms with E-state index in [1.165, 1.54) is 10.4 Å². The van der Waals surface area contributed by atoms with Gasteiger partial charge >= 0.3 is 0 Å². The number of hydrogen-bond acceptors (Lipinski definition) is 1. The van der Waals surface area contributed by atoms with Crippen LogP contribution in [0, 0.1) is 0 Å². The van der Waals surface area contributed by atoms with Gasteiger partial charge in [-0.15, -0.1) is 0 Å². The fraction of sp³-hybridized carbons (Fsp3) is 0.182. The Morgan fingerprint density at radius 2 is 1.12 bits per heavy atom. The Morgan fingerprint density at radius 3 is 1.60 bits per heavy atom. The van der Waals surface area contributed by atoms with Crippen molar-refractivity contribution in [3.8, 4) is 0 Å². The lowest BCUT2D eigenvalue weighted by atomic mass is 10.3. The summed E-state index contributed by atoms with van der Waals surface area (Å²) in [5, 5.41) is 5.87. The van der Waals surface area contributed by atoms with Gasteiger partial charge in [0.25, 0.3) is 0 Å². The van der Waals surface area contributed by atoms with Crippen molar-refractivity contribution in [2.45, 2.75) is 25.9 Å². The van der Waals surface area contributed by atoms with E-state index in [-0.39, 0.29) is 0 Å². The number of rotatable bonds is 3. The Kier molecular flexibility index (Phi) is 4.06. The molecule has 0 saturated carbocycles. The van der Waals surface area contributed by atoms with E-state index in [4.69, 9.17) is 0 Å². The zero-order chi connectivity index (χ0) is 17.5. The molecule has 0 aliphatic carbocycles. The maximum atomic E-state index is 14.6. The molecule has 3 aromatic carbocycles. The van der Waals surface area contributed by atoms with Gasteiger partial charge in [0.1, 0.15) is 8.07 Å². The molecule has 0 N–H and O–H groups in total. The summed E-state index contributed by atoms with van der Waals surface area (Å²) in [6.45, 7) is 4.62. The first kappa shape index (κ1) is 16.6. The molecule has 4 rings (SSSR count). The van der Waals surface area contributed by atoms with Crippen molar-refractivity contribution in [2.24, 2.45) is 0 Å². The van der Waals surface area contributed by atoms with Crippen LogP contribution < -0.4 is 26.3 Å². The minimum atomic E-state index is -2.82. The Balaban J connectivity index is 2.16. The highest BCUT2D eigenvalue weighted by atomic mass is 31.2. The van der Waals surface area contributed by atoms with Crippen LogP contribution in [0.15, 0.2) is 78.9 Å². The second-order valence-corrected chi connectivity index (χ2v) is 14.1. The van der Waals surface area contributed by atoms with Gasteiger partial charge < -0.3 is 4.57 Å². The fourth-order valence-corrected chi connectivity index (χ4v) is 13.9. The monoisotopic (exact) mass is 362 g/mol. The van der Waals surface area contributed by atoms with Crippen LogP contribution in [0.5, 0.6) is 0 Å². The van der Waals surface area contributed by atoms with E-state index in [0.717, 1.165) is 28.0 Å². The van der Waals surface area contributed by atoms with Gasteiger partial charge in [0.15, 0.2) is 7.14 Å². The summed E-state index contributed by atoms with van der Waals surface area (Å²) in [6.07, 6.45) is 0. The van der Waals surface area contributed by atoms with Crippen molar-refractivity contribution in [1.29, 1.82) is 0 Å². The number of fused-ring (bicyclic) bond motifs is 2. The zero-order valence-electron chi connectivity index (χ0n) is 14.8. The van der Waals surface area contributed by atoms with Crippen LogP contribution in [-0.2, 0) is 4.57 Å². The van der Waals surface area contributed by atoms with E-state index in [1.54, 1.807) is 0 Å². The van der Waals surface area contributed by atoms with Crippen molar-refractivity contribution in [3.05, 3.63) is 78.9 Å². The van der Waals surface area contributed by atoms with Gasteiger partial charge in [-0.3, -0.25) is 0 Å². The second kappa shape index (κ2) is 6.12. The van der Waals surface area contributed by atoms with Crippen molar-refractivity contribution < 1.29 is 4.57 Å². The molecule has 1 nitrogen and oxygen atoms in total. The normalized spacial score (nSPS) is 16.7. The molecule has 25 heavy (non-hydrogen) atoms. The summed E-state index contributed by atoms with van der Waals surface area (Å²) in [5.74, 6) is 0. The van der Waals surface area contributed by atoms with Crippen molar-refractivity contribution in [2.75, 3.05) is 0 Å². The van der Waals surface area contributed by atoms with E-state index in [0.29, 0.717) is 0 Å². The predicted molar refractivity (Wildman–Crippen MR) is 112 cm³/mol. The average molecular weight is 362 g/mol. The molecule has 0 amide bonds. The average Bonchev–Trinajstić information content (AvgIpc) is 2.70. The molecular formula is C22H23OPSi. The first-order valence-corrected chi connectivity index (χ1v) is 13.2. The van der Waals surface area contributed by atoms with Gasteiger partial charge in [-0.05, 0) is 10.4 Å². The fourth-order valence-electron chi connectivity index (χ4n) is 4.51. The zero-order valence-corrected chi connectivity index (χ0v) is 16.7. The van der Waals surface area contributed by atoms with E-state index in [9.17, 15) is 4.57 Å². The molecule has 0 radical (unpaired) electrons. The molecular weight excluding hydrogens is 339 g/mol. The van der Waals surface area contributed by atoms with Crippen LogP contribution in [0.3, 0.4) is 0 Å². The number of benzene rings is 3. The SMILES string of the molecule is CC[Si]1(CC)c2ccccc2P(=O)(c2ccccc2)c2ccccc21. The molecule has 3 heteroatoms. The van der Waals surface area contributed by atoms with Crippen LogP contribution in [-0.4, -0.2) is 8.07 Å². The van der Waals surface area contributed by atoms with Crippen molar-refractivity contribution in [1.82, 2.24) is 0 Å². The van der Waals surface area contributed by atoms with Gasteiger partial charge in [-0.1, -0.05) is 105 Å². The molecule has 0 fully saturated rings. The molecule has 0 spiro atoms. The maximum Gasteiger partial charge on any atom is 0.170 e. The second-order valence-electron chi connectivity index (χ2n) is 6.77. The summed E-state index contributed by atoms with van der Waals surface area (Å²) >= 11 is 0. The highest BCUT2D eigenvalue weighted by molar-refractivity contribution is 7.86. The molecule has 1 aliphatic heterocycles. The smallest absolute Gasteiger partial charge is 0.170 e. The molecule has 0 bridgehead atoms. The standard InChI is InChI=1S/C22H23OPSi/c1-3-25(4-2)21-16-10-8-14-19(21)24(23,18-12-6-5-7-13-18)20-15-9-11-17-22(20)25/h5-17H,3-4H2,1-2H3. The van der Waals surface area contributed by atoms with Gasteiger partial charge in [0, 0.05) is 15.9 Å². The summed E-state index contributed by atoms with van der Waals surface area (Å²) in [6, 6.07) is 29.4. The Hall–Kier alpha value is -1.89. The van der Waals surface area contributed by atoms with E-state index >= 15 is 0 Å². The molecule has 3 aromatic rings. The third-order valence-electron chi connectivity index (χ3n) is 5.84. The highest BCUT2D eigenvalue weighted by Gasteiger charge is 2.48. The molecule has 1 heterocycles. The molecule has 1 aliphatic rings. The van der Waals surface area contributed by atoms with Gasteiger partial charge in [-0.25, -0.2) is 0 Å². The first-order chi connectivity index (χ1) is 12.2. The Bertz CT molecular complexity index is 907. The number of hydrogen-bond donors (Lipinski definition) is 0. The van der Waals surface area contributed by atoms with Crippen LogP contribution in [0.2, 0.25) is 12.1 Å². The lowest BCUT2D eigenvalue weighted by Crippen LogP contribution is -2.69. The summed E-state index contributed by atoms with van der Waals surface area (Å²) in [5.41, 5.74) is 0. The lowest BCUT2D eigenvalue weighted by Gasteiger charge is -2.41. The first-order valence-electron chi connectivity index (χ1n) is 9.04. The topological polar surface area (TPSA) is 17.1 Å². The van der Waals surface area contributed by atoms with E-state index in [2.05, 4.69) is 50.2 Å². The Morgan fingerprint density at radius 1 is 0.680 bits per heavy atom. The summed E-state index contributed by atoms with van der Waals surface area (Å²) in [7, 11) is -4.68. The summed E-state index contributed by atoms with van der Waals surface area (Å²) < 4.78 is 14.6. The minimum absolute atomic E-state index is 0.949. The van der Waals surface area contributed by atoms with Crippen molar-refractivity contribution in [3.63, 3.8) is 0 Å². The largest absolute Gasteiger partial charge is 0.309 e. The van der Waals surface area contributed by atoms with Crippen molar-refractivity contribution >= 4 is 41.5 Å². The Labute approximate surface area is 151 Å². The van der Waals surface area contributed by atoms with E-state index in [1.807, 2.05) is 42.5 Å². The molecule has 0 unspecified atom stereocenters. The van der Waals surface area contributed by atoms with Gasteiger partial charge in [0.2, 0.25) is 0 Å². The highest BCUT2D eigenvalue weighted by Crippen LogP contribution is 2.44.